The standard InChI is InChI=1S/C22H28NO3/c1-2-3-4-5-6-7-8-9-10-11-12-13-14-15-16-19-22(23(25)26)20-17-18-21-24/h3-4,6-7,9-16,20H,2,5,8,17-19H2,1H3/b4-3+,7-6+,10-9+,12-11+,14-13+,16-15+,22-20-. The van der Waals surface area contributed by atoms with E-state index in [0.717, 1.165) is 19.3 Å². The maximum atomic E-state index is 10.8. The molecule has 0 fully saturated rings. The Balaban J connectivity index is 4.04. The van der Waals surface area contributed by atoms with E-state index < -0.39 is 4.92 Å². The zero-order valence-corrected chi connectivity index (χ0v) is 15.4. The highest BCUT2D eigenvalue weighted by Crippen LogP contribution is 2.06. The molecule has 0 N–H and O–H groups in total. The molecule has 4 heteroatoms. The highest BCUT2D eigenvalue weighted by Gasteiger charge is 2.06. The highest BCUT2D eigenvalue weighted by molar-refractivity contribution is 5.50. The Morgan fingerprint density at radius 3 is 2.08 bits per heavy atom. The molecule has 0 aromatic carbocycles. The minimum atomic E-state index is -0.419. The number of hydrogen-bond donors (Lipinski definition) is 0. The van der Waals surface area contributed by atoms with Crippen LogP contribution >= 0.6 is 0 Å². The van der Waals surface area contributed by atoms with Crippen LogP contribution in [0.15, 0.2) is 84.7 Å². The fourth-order valence-electron chi connectivity index (χ4n) is 1.82. The number of carbonyl (C=O) groups excluding carboxylic acids is 1. The zero-order valence-electron chi connectivity index (χ0n) is 15.4. The Bertz CT molecular complexity index is 591. The van der Waals surface area contributed by atoms with E-state index in [0.29, 0.717) is 6.42 Å². The maximum absolute atomic E-state index is 10.8. The third-order valence-electron chi connectivity index (χ3n) is 3.13. The molecule has 0 saturated carbocycles. The summed E-state index contributed by atoms with van der Waals surface area (Å²) in [5, 5.41) is 10.8. The van der Waals surface area contributed by atoms with Gasteiger partial charge in [-0.2, -0.15) is 0 Å². The number of nitrogens with zero attached hydrogens (tertiary/aromatic N) is 1. The number of nitro groups is 1. The summed E-state index contributed by atoms with van der Waals surface area (Å²) in [5.41, 5.74) is 0.0987. The fourth-order valence-corrected chi connectivity index (χ4v) is 1.82. The van der Waals surface area contributed by atoms with Crippen molar-refractivity contribution in [2.24, 2.45) is 0 Å². The van der Waals surface area contributed by atoms with Crippen molar-refractivity contribution >= 4 is 6.29 Å². The van der Waals surface area contributed by atoms with Gasteiger partial charge >= 0.3 is 0 Å². The van der Waals surface area contributed by atoms with Crippen molar-refractivity contribution in [3.8, 4) is 0 Å². The van der Waals surface area contributed by atoms with Crippen molar-refractivity contribution in [3.05, 3.63) is 94.8 Å². The van der Waals surface area contributed by atoms with Crippen molar-refractivity contribution in [3.63, 3.8) is 0 Å². The largest absolute Gasteiger partial charge is 0.291 e. The Morgan fingerprint density at radius 1 is 0.885 bits per heavy atom. The van der Waals surface area contributed by atoms with Crippen LogP contribution in [0, 0.1) is 10.1 Å². The summed E-state index contributed by atoms with van der Waals surface area (Å²) in [6, 6.07) is 0. The van der Waals surface area contributed by atoms with E-state index in [-0.39, 0.29) is 18.5 Å². The monoisotopic (exact) mass is 354 g/mol. The van der Waals surface area contributed by atoms with Crippen LogP contribution in [0.25, 0.3) is 0 Å². The fraction of sp³-hybridized carbons (Fsp3) is 0.318. The molecule has 0 saturated heterocycles. The molecular weight excluding hydrogens is 326 g/mol. The van der Waals surface area contributed by atoms with Gasteiger partial charge in [0.05, 0.1) is 11.3 Å². The molecule has 0 amide bonds. The lowest BCUT2D eigenvalue weighted by molar-refractivity contribution is -0.427. The Morgan fingerprint density at radius 2 is 1.46 bits per heavy atom. The van der Waals surface area contributed by atoms with Crippen molar-refractivity contribution in [1.29, 1.82) is 0 Å². The van der Waals surface area contributed by atoms with Gasteiger partial charge in [0, 0.05) is 6.42 Å². The van der Waals surface area contributed by atoms with Crippen molar-refractivity contribution < 1.29 is 9.72 Å². The number of hydrogen-bond acceptors (Lipinski definition) is 3. The van der Waals surface area contributed by atoms with Gasteiger partial charge in [0.15, 0.2) is 6.29 Å². The van der Waals surface area contributed by atoms with Gasteiger partial charge in [-0.15, -0.1) is 0 Å². The number of rotatable bonds is 14. The molecule has 0 atom stereocenters. The van der Waals surface area contributed by atoms with Crippen LogP contribution in [-0.2, 0) is 4.79 Å². The van der Waals surface area contributed by atoms with E-state index in [9.17, 15) is 14.9 Å². The number of unbranched alkanes of at least 4 members (excludes halogenated alkanes) is 1. The van der Waals surface area contributed by atoms with Gasteiger partial charge in [0.25, 0.3) is 0 Å². The van der Waals surface area contributed by atoms with E-state index in [4.69, 9.17) is 0 Å². The molecule has 139 valence electrons. The van der Waals surface area contributed by atoms with Gasteiger partial charge in [-0.1, -0.05) is 79.8 Å². The van der Waals surface area contributed by atoms with E-state index >= 15 is 0 Å². The molecule has 1 radical (unpaired) electrons. The molecule has 0 heterocycles. The molecule has 26 heavy (non-hydrogen) atoms. The summed E-state index contributed by atoms with van der Waals surface area (Å²) in [6.45, 7) is 2.12. The van der Waals surface area contributed by atoms with E-state index in [1.54, 1.807) is 18.4 Å². The first-order valence-corrected chi connectivity index (χ1v) is 8.85. The summed E-state index contributed by atoms with van der Waals surface area (Å²) in [5.74, 6) is 0. The predicted molar refractivity (Wildman–Crippen MR) is 109 cm³/mol. The van der Waals surface area contributed by atoms with Gasteiger partial charge in [0.1, 0.15) is 0 Å². The van der Waals surface area contributed by atoms with Crippen molar-refractivity contribution in [1.82, 2.24) is 0 Å². The van der Waals surface area contributed by atoms with E-state index in [2.05, 4.69) is 37.3 Å². The maximum Gasteiger partial charge on any atom is 0.246 e. The second-order valence-corrected chi connectivity index (χ2v) is 5.29. The van der Waals surface area contributed by atoms with Crippen molar-refractivity contribution in [2.45, 2.75) is 45.4 Å². The first-order valence-electron chi connectivity index (χ1n) is 8.85. The van der Waals surface area contributed by atoms with Gasteiger partial charge in [-0.05, 0) is 31.8 Å². The molecule has 0 unspecified atom stereocenters. The Kier molecular flexibility index (Phi) is 16.6. The Hall–Kier alpha value is -2.75. The molecule has 0 aliphatic rings. The molecule has 0 aliphatic heterocycles. The highest BCUT2D eigenvalue weighted by atomic mass is 16.6. The topological polar surface area (TPSA) is 60.2 Å². The first-order chi connectivity index (χ1) is 12.7. The van der Waals surface area contributed by atoms with E-state index in [1.165, 1.54) is 6.08 Å². The van der Waals surface area contributed by atoms with Crippen LogP contribution in [0.3, 0.4) is 0 Å². The minimum absolute atomic E-state index is 0.0987. The van der Waals surface area contributed by atoms with Gasteiger partial charge in [-0.3, -0.25) is 14.9 Å². The summed E-state index contributed by atoms with van der Waals surface area (Å²) in [7, 11) is 0. The molecule has 0 aromatic rings. The third-order valence-corrected chi connectivity index (χ3v) is 3.13. The van der Waals surface area contributed by atoms with Gasteiger partial charge in [0.2, 0.25) is 5.70 Å². The normalized spacial score (nSPS) is 13.5. The molecular formula is C22H28NO3. The molecule has 0 aliphatic carbocycles. The Labute approximate surface area is 156 Å². The SMILES string of the molecule is CC/C=C/C/C=C/C/C=C/C=C/C=C/C=C/C/C(=C/CC[C]=O)[N+](=O)[O-]. The van der Waals surface area contributed by atoms with Gasteiger partial charge in [-0.25, -0.2) is 0 Å². The van der Waals surface area contributed by atoms with Crippen LogP contribution < -0.4 is 0 Å². The molecule has 4 nitrogen and oxygen atoms in total. The molecule has 0 aromatic heterocycles. The quantitative estimate of drug-likeness (QED) is 0.127. The smallest absolute Gasteiger partial charge is 0.246 e. The summed E-state index contributed by atoms with van der Waals surface area (Å²) >= 11 is 0. The van der Waals surface area contributed by atoms with Crippen LogP contribution in [0.1, 0.15) is 45.4 Å². The minimum Gasteiger partial charge on any atom is -0.291 e. The van der Waals surface area contributed by atoms with Crippen LogP contribution in [-0.4, -0.2) is 11.2 Å². The lowest BCUT2D eigenvalue weighted by Gasteiger charge is -1.92. The van der Waals surface area contributed by atoms with Crippen LogP contribution in [0.4, 0.5) is 0 Å². The van der Waals surface area contributed by atoms with Crippen LogP contribution in [0.2, 0.25) is 0 Å². The summed E-state index contributed by atoms with van der Waals surface area (Å²) in [4.78, 5) is 20.5. The second kappa shape index (κ2) is 18.6. The molecule has 0 spiro atoms. The van der Waals surface area contributed by atoms with E-state index in [1.807, 2.05) is 30.4 Å². The van der Waals surface area contributed by atoms with Crippen molar-refractivity contribution in [2.75, 3.05) is 0 Å². The van der Waals surface area contributed by atoms with Gasteiger partial charge < -0.3 is 0 Å². The average Bonchev–Trinajstić information content (AvgIpc) is 2.63. The summed E-state index contributed by atoms with van der Waals surface area (Å²) < 4.78 is 0. The average molecular weight is 354 g/mol. The first kappa shape index (κ1) is 23.2. The number of allylic oxidation sites excluding steroid dienone is 13. The lowest BCUT2D eigenvalue weighted by Crippen LogP contribution is -1.97. The molecule has 0 rings (SSSR count). The van der Waals surface area contributed by atoms with Crippen LogP contribution in [0.5, 0.6) is 0 Å². The zero-order chi connectivity index (χ0) is 19.3. The lowest BCUT2D eigenvalue weighted by atomic mass is 10.2. The predicted octanol–water partition coefficient (Wildman–Crippen LogP) is 5.95. The third kappa shape index (κ3) is 16.1. The summed E-state index contributed by atoms with van der Waals surface area (Å²) in [6.07, 6.45) is 30.6. The molecule has 0 bridgehead atoms. The second-order valence-electron chi connectivity index (χ2n) is 5.29.